The van der Waals surface area contributed by atoms with Gasteiger partial charge in [-0.25, -0.2) is 8.42 Å². The fourth-order valence-electron chi connectivity index (χ4n) is 3.06. The van der Waals surface area contributed by atoms with Crippen molar-refractivity contribution in [3.05, 3.63) is 82.6 Å². The average Bonchev–Trinajstić information content (AvgIpc) is 2.88. The lowest BCUT2D eigenvalue weighted by atomic mass is 10.0. The third-order valence-corrected chi connectivity index (χ3v) is 6.77. The van der Waals surface area contributed by atoms with E-state index in [1.165, 1.54) is 19.2 Å². The highest BCUT2D eigenvalue weighted by Crippen LogP contribution is 2.28. The molecule has 2 aromatic carbocycles. The van der Waals surface area contributed by atoms with Gasteiger partial charge >= 0.3 is 0 Å². The molecular weight excluding hydrogens is 410 g/mol. The van der Waals surface area contributed by atoms with Gasteiger partial charge in [-0.15, -0.1) is 0 Å². The Hall–Kier alpha value is -3.08. The molecule has 1 unspecified atom stereocenters. The second-order valence-electron chi connectivity index (χ2n) is 6.92. The van der Waals surface area contributed by atoms with Crippen LogP contribution in [0.3, 0.4) is 0 Å². The van der Waals surface area contributed by atoms with E-state index in [2.05, 4.69) is 5.32 Å². The number of nitro groups is 1. The second-order valence-corrected chi connectivity index (χ2v) is 8.78. The first-order valence-corrected chi connectivity index (χ1v) is 10.5. The summed E-state index contributed by atoms with van der Waals surface area (Å²) in [6.45, 7) is 1.46. The first-order chi connectivity index (χ1) is 14.2. The summed E-state index contributed by atoms with van der Waals surface area (Å²) in [6, 6.07) is 13.9. The van der Waals surface area contributed by atoms with Crippen LogP contribution in [0, 0.1) is 10.1 Å². The van der Waals surface area contributed by atoms with Crippen molar-refractivity contribution in [2.24, 2.45) is 0 Å². The van der Waals surface area contributed by atoms with Crippen LogP contribution in [-0.2, 0) is 26.2 Å². The number of rotatable bonds is 7. The van der Waals surface area contributed by atoms with Crippen LogP contribution in [-0.4, -0.2) is 42.2 Å². The van der Waals surface area contributed by atoms with E-state index in [0.717, 1.165) is 34.1 Å². The summed E-state index contributed by atoms with van der Waals surface area (Å²) >= 11 is 0. The topological polar surface area (TPSA) is 119 Å². The Balaban J connectivity index is 1.89. The number of hydrogen-bond donors (Lipinski definition) is 1. The van der Waals surface area contributed by atoms with E-state index in [1.54, 1.807) is 0 Å². The summed E-state index contributed by atoms with van der Waals surface area (Å²) in [5.41, 5.74) is -0.867. The molecule has 0 fully saturated rings. The Morgan fingerprint density at radius 3 is 2.47 bits per heavy atom. The smallest absolute Gasteiger partial charge is 0.269 e. The number of carbonyl (C=O) groups excluding carboxylic acids is 1. The summed E-state index contributed by atoms with van der Waals surface area (Å²) in [5, 5.41) is 13.4. The predicted molar refractivity (Wildman–Crippen MR) is 109 cm³/mol. The number of carbonyl (C=O) groups is 1. The van der Waals surface area contributed by atoms with Crippen LogP contribution in [0.4, 0.5) is 5.69 Å². The monoisotopic (exact) mass is 431 g/mol. The van der Waals surface area contributed by atoms with E-state index >= 15 is 0 Å². The number of hydrogen-bond acceptors (Lipinski definition) is 6. The number of sulfonamides is 1. The van der Waals surface area contributed by atoms with Crippen molar-refractivity contribution in [2.45, 2.75) is 24.0 Å². The number of amides is 1. The van der Waals surface area contributed by atoms with Crippen molar-refractivity contribution >= 4 is 21.6 Å². The van der Waals surface area contributed by atoms with Crippen molar-refractivity contribution in [1.29, 1.82) is 0 Å². The number of nitro benzene ring substituents is 1. The fourth-order valence-corrected chi connectivity index (χ4v) is 4.75. The van der Waals surface area contributed by atoms with Crippen LogP contribution in [0.15, 0.2) is 71.8 Å². The van der Waals surface area contributed by atoms with Crippen LogP contribution < -0.4 is 5.32 Å². The maximum Gasteiger partial charge on any atom is 0.269 e. The molecule has 0 aromatic heterocycles. The highest BCUT2D eigenvalue weighted by Gasteiger charge is 2.47. The summed E-state index contributed by atoms with van der Waals surface area (Å²) < 4.78 is 33.4. The highest BCUT2D eigenvalue weighted by molar-refractivity contribution is 7.89. The zero-order chi connectivity index (χ0) is 21.8. The van der Waals surface area contributed by atoms with Gasteiger partial charge in [-0.3, -0.25) is 14.9 Å². The standard InChI is InChI=1S/C20H21N3O6S/c1-20(15-29-14-16-6-3-2-4-7-16)19(24)21-12-5-13-22(20)30(27,28)18-10-8-17(9-11-18)23(25)26/h2-12H,13-15H2,1H3,(H,21,24). The lowest BCUT2D eigenvalue weighted by Crippen LogP contribution is -2.59. The number of benzene rings is 2. The fraction of sp³-hybridized carbons (Fsp3) is 0.250. The molecule has 1 heterocycles. The zero-order valence-electron chi connectivity index (χ0n) is 16.2. The van der Waals surface area contributed by atoms with Gasteiger partial charge in [-0.1, -0.05) is 36.4 Å². The minimum absolute atomic E-state index is 0.0662. The predicted octanol–water partition coefficient (Wildman–Crippen LogP) is 2.20. The molecule has 0 aliphatic carbocycles. The molecule has 1 amide bonds. The molecule has 10 heteroatoms. The summed E-state index contributed by atoms with van der Waals surface area (Å²) in [7, 11) is -4.14. The molecule has 1 aliphatic heterocycles. The molecule has 9 nitrogen and oxygen atoms in total. The first kappa shape index (κ1) is 21.6. The van der Waals surface area contributed by atoms with Gasteiger partial charge in [0.25, 0.3) is 5.69 Å². The molecule has 1 N–H and O–H groups in total. The Kier molecular flexibility index (Phi) is 6.30. The summed E-state index contributed by atoms with van der Waals surface area (Å²) in [5.74, 6) is -0.533. The van der Waals surface area contributed by atoms with Gasteiger partial charge in [0.1, 0.15) is 5.54 Å². The molecule has 30 heavy (non-hydrogen) atoms. The van der Waals surface area contributed by atoms with Crippen molar-refractivity contribution < 1.29 is 22.9 Å². The van der Waals surface area contributed by atoms with E-state index in [-0.39, 0.29) is 30.3 Å². The molecule has 0 spiro atoms. The molecule has 0 radical (unpaired) electrons. The summed E-state index contributed by atoms with van der Waals surface area (Å²) in [6.07, 6.45) is 2.91. The molecule has 1 atom stereocenters. The minimum atomic E-state index is -4.14. The van der Waals surface area contributed by atoms with Gasteiger partial charge in [0.05, 0.1) is 23.0 Å². The van der Waals surface area contributed by atoms with Crippen LogP contribution in [0.25, 0.3) is 0 Å². The summed E-state index contributed by atoms with van der Waals surface area (Å²) in [4.78, 5) is 22.9. The Morgan fingerprint density at radius 2 is 1.83 bits per heavy atom. The van der Waals surface area contributed by atoms with E-state index in [1.807, 2.05) is 30.3 Å². The van der Waals surface area contributed by atoms with Gasteiger partial charge in [-0.2, -0.15) is 4.31 Å². The van der Waals surface area contributed by atoms with Crippen LogP contribution in [0.1, 0.15) is 12.5 Å². The molecule has 0 bridgehead atoms. The minimum Gasteiger partial charge on any atom is -0.374 e. The van der Waals surface area contributed by atoms with E-state index in [9.17, 15) is 23.3 Å². The second kappa shape index (κ2) is 8.74. The Labute approximate surface area is 174 Å². The van der Waals surface area contributed by atoms with Crippen LogP contribution in [0.2, 0.25) is 0 Å². The number of nitrogens with one attached hydrogen (secondary N) is 1. The van der Waals surface area contributed by atoms with Gasteiger partial charge in [0, 0.05) is 24.9 Å². The number of non-ortho nitro benzene ring substituents is 1. The van der Waals surface area contributed by atoms with E-state index in [0.29, 0.717) is 0 Å². The largest absolute Gasteiger partial charge is 0.374 e. The molecule has 1 aliphatic rings. The zero-order valence-corrected chi connectivity index (χ0v) is 17.0. The maximum absolute atomic E-state index is 13.3. The third kappa shape index (κ3) is 4.40. The van der Waals surface area contributed by atoms with Gasteiger partial charge in [-0.05, 0) is 24.6 Å². The number of nitrogens with zero attached hydrogens (tertiary/aromatic N) is 2. The van der Waals surface area contributed by atoms with Crippen molar-refractivity contribution in [1.82, 2.24) is 9.62 Å². The maximum atomic E-state index is 13.3. The Bertz CT molecular complexity index is 1050. The molecule has 0 saturated carbocycles. The quantitative estimate of drug-likeness (QED) is 0.530. The van der Waals surface area contributed by atoms with Crippen LogP contribution >= 0.6 is 0 Å². The molecule has 158 valence electrons. The van der Waals surface area contributed by atoms with Gasteiger partial charge in [0.2, 0.25) is 15.9 Å². The molecule has 0 saturated heterocycles. The lowest BCUT2D eigenvalue weighted by molar-refractivity contribution is -0.384. The first-order valence-electron chi connectivity index (χ1n) is 9.10. The SMILES string of the molecule is CC1(COCc2ccccc2)C(=O)NC=CCN1S(=O)(=O)c1ccc([N+](=O)[O-])cc1. The van der Waals surface area contributed by atoms with Crippen molar-refractivity contribution in [3.8, 4) is 0 Å². The van der Waals surface area contributed by atoms with Crippen molar-refractivity contribution in [2.75, 3.05) is 13.2 Å². The molecule has 2 aromatic rings. The normalized spacial score (nSPS) is 19.8. The number of ether oxygens (including phenoxy) is 1. The Morgan fingerprint density at radius 1 is 1.17 bits per heavy atom. The van der Waals surface area contributed by atoms with Crippen LogP contribution in [0.5, 0.6) is 0 Å². The third-order valence-electron chi connectivity index (χ3n) is 4.77. The van der Waals surface area contributed by atoms with Crippen molar-refractivity contribution in [3.63, 3.8) is 0 Å². The molecule has 3 rings (SSSR count). The van der Waals surface area contributed by atoms with Gasteiger partial charge in [0.15, 0.2) is 0 Å². The lowest BCUT2D eigenvalue weighted by Gasteiger charge is -2.36. The van der Waals surface area contributed by atoms with E-state index in [4.69, 9.17) is 4.74 Å². The highest BCUT2D eigenvalue weighted by atomic mass is 32.2. The average molecular weight is 431 g/mol. The molecular formula is C20H21N3O6S. The van der Waals surface area contributed by atoms with Gasteiger partial charge < -0.3 is 10.1 Å². The van der Waals surface area contributed by atoms with E-state index < -0.39 is 26.4 Å².